The number of sulfone groups is 1. The van der Waals surface area contributed by atoms with Crippen molar-refractivity contribution in [3.05, 3.63) is 107 Å². The molecule has 3 aromatic carbocycles. The first-order valence-electron chi connectivity index (χ1n) is 13.3. The van der Waals surface area contributed by atoms with Gasteiger partial charge in [-0.3, -0.25) is 9.69 Å². The van der Waals surface area contributed by atoms with Crippen LogP contribution >= 0.6 is 0 Å². The molecule has 0 spiro atoms. The Morgan fingerprint density at radius 2 is 1.79 bits per heavy atom. The second-order valence-corrected chi connectivity index (χ2v) is 12.4. The lowest BCUT2D eigenvalue weighted by Gasteiger charge is -2.30. The molecule has 1 atom stereocenters. The third kappa shape index (κ3) is 6.25. The standard InChI is InChI=1S/C30H30F3N5O3S/c1-37(22-13-14-22)28(24-11-3-4-12-26(24)42(2,40)41)20-8-6-9-21(16-20)35-29(39)25-17-27(30(31,32)33)36-38(25)23-10-5-7-19(15-23)18-34/h3-12,15-17,22,28H,13-14,18,34H2,1-2H3,(H,35,39). The first kappa shape index (κ1) is 29.5. The largest absolute Gasteiger partial charge is 0.435 e. The van der Waals surface area contributed by atoms with Crippen LogP contribution in [0.1, 0.15) is 51.8 Å². The lowest BCUT2D eigenvalue weighted by molar-refractivity contribution is -0.141. The van der Waals surface area contributed by atoms with E-state index < -0.39 is 33.7 Å². The predicted octanol–water partition coefficient (Wildman–Crippen LogP) is 5.19. The topological polar surface area (TPSA) is 110 Å². The third-order valence-electron chi connectivity index (χ3n) is 7.23. The molecule has 42 heavy (non-hydrogen) atoms. The van der Waals surface area contributed by atoms with Gasteiger partial charge in [0.15, 0.2) is 15.5 Å². The minimum atomic E-state index is -4.76. The molecule has 0 radical (unpaired) electrons. The third-order valence-corrected chi connectivity index (χ3v) is 8.40. The Hall–Kier alpha value is -4.00. The molecule has 5 rings (SSSR count). The average molecular weight is 598 g/mol. The number of anilines is 1. The van der Waals surface area contributed by atoms with Crippen molar-refractivity contribution >= 4 is 21.4 Å². The van der Waals surface area contributed by atoms with Crippen LogP contribution in [0, 0.1) is 0 Å². The molecule has 1 saturated carbocycles. The molecule has 1 aliphatic carbocycles. The molecule has 0 saturated heterocycles. The van der Waals surface area contributed by atoms with Crippen molar-refractivity contribution in [1.29, 1.82) is 0 Å². The fourth-order valence-corrected chi connectivity index (χ4v) is 5.98. The molecular formula is C30H30F3N5O3S. The SMILES string of the molecule is CN(C1CC1)C(c1cccc(NC(=O)c2cc(C(F)(F)F)nn2-c2cccc(CN)c2)c1)c1ccccc1S(C)(=O)=O. The van der Waals surface area contributed by atoms with Crippen LogP contribution in [0.5, 0.6) is 0 Å². The monoisotopic (exact) mass is 597 g/mol. The molecule has 1 amide bonds. The van der Waals surface area contributed by atoms with E-state index in [1.807, 2.05) is 13.1 Å². The zero-order chi connectivity index (χ0) is 30.2. The van der Waals surface area contributed by atoms with Gasteiger partial charge in [-0.2, -0.15) is 18.3 Å². The summed E-state index contributed by atoms with van der Waals surface area (Å²) in [5.74, 6) is -0.795. The van der Waals surface area contributed by atoms with Crippen LogP contribution in [0.2, 0.25) is 0 Å². The Bertz CT molecular complexity index is 1730. The number of benzene rings is 3. The van der Waals surface area contributed by atoms with E-state index in [0.717, 1.165) is 29.3 Å². The lowest BCUT2D eigenvalue weighted by atomic mass is 9.96. The zero-order valence-electron chi connectivity index (χ0n) is 23.0. The number of alkyl halides is 3. The van der Waals surface area contributed by atoms with Gasteiger partial charge in [0.1, 0.15) is 5.69 Å². The molecule has 1 fully saturated rings. The second-order valence-electron chi connectivity index (χ2n) is 10.4. The zero-order valence-corrected chi connectivity index (χ0v) is 23.8. The summed E-state index contributed by atoms with van der Waals surface area (Å²) in [4.78, 5) is 15.8. The molecule has 1 heterocycles. The number of nitrogens with zero attached hydrogens (tertiary/aromatic N) is 3. The van der Waals surface area contributed by atoms with Crippen LogP contribution in [-0.2, 0) is 22.6 Å². The van der Waals surface area contributed by atoms with E-state index in [1.54, 1.807) is 66.7 Å². The molecule has 8 nitrogen and oxygen atoms in total. The van der Waals surface area contributed by atoms with Gasteiger partial charge < -0.3 is 11.1 Å². The fraction of sp³-hybridized carbons (Fsp3) is 0.267. The van der Waals surface area contributed by atoms with Gasteiger partial charge in [0.2, 0.25) is 0 Å². The van der Waals surface area contributed by atoms with E-state index in [0.29, 0.717) is 22.9 Å². The van der Waals surface area contributed by atoms with E-state index in [1.165, 1.54) is 0 Å². The molecule has 1 aromatic heterocycles. The van der Waals surface area contributed by atoms with Gasteiger partial charge in [0.05, 0.1) is 16.6 Å². The van der Waals surface area contributed by atoms with E-state index >= 15 is 0 Å². The Labute approximate surface area is 241 Å². The molecule has 0 bridgehead atoms. The summed E-state index contributed by atoms with van der Waals surface area (Å²) in [7, 11) is -1.61. The number of carbonyl (C=O) groups excluding carboxylic acids is 1. The minimum Gasteiger partial charge on any atom is -0.326 e. The van der Waals surface area contributed by atoms with Crippen LogP contribution < -0.4 is 11.1 Å². The fourth-order valence-electron chi connectivity index (χ4n) is 5.05. The highest BCUT2D eigenvalue weighted by Crippen LogP contribution is 2.39. The van der Waals surface area contributed by atoms with Gasteiger partial charge in [0.25, 0.3) is 5.91 Å². The van der Waals surface area contributed by atoms with Crippen molar-refractivity contribution in [3.8, 4) is 5.69 Å². The summed E-state index contributed by atoms with van der Waals surface area (Å²) < 4.78 is 67.1. The maximum Gasteiger partial charge on any atom is 0.435 e. The molecule has 220 valence electrons. The summed E-state index contributed by atoms with van der Waals surface area (Å²) in [6, 6.07) is 20.7. The van der Waals surface area contributed by atoms with Crippen LogP contribution in [0.25, 0.3) is 5.69 Å². The molecule has 1 aliphatic rings. The van der Waals surface area contributed by atoms with Crippen LogP contribution in [0.15, 0.2) is 83.8 Å². The highest BCUT2D eigenvalue weighted by molar-refractivity contribution is 7.90. The Morgan fingerprint density at radius 3 is 2.45 bits per heavy atom. The van der Waals surface area contributed by atoms with Gasteiger partial charge in [-0.05, 0) is 66.9 Å². The number of hydrogen-bond acceptors (Lipinski definition) is 6. The maximum atomic E-state index is 13.6. The first-order chi connectivity index (χ1) is 19.9. The van der Waals surface area contributed by atoms with Crippen molar-refractivity contribution in [1.82, 2.24) is 14.7 Å². The van der Waals surface area contributed by atoms with E-state index in [2.05, 4.69) is 15.3 Å². The number of hydrogen-bond donors (Lipinski definition) is 2. The molecule has 0 aliphatic heterocycles. The van der Waals surface area contributed by atoms with Gasteiger partial charge >= 0.3 is 6.18 Å². The quantitative estimate of drug-likeness (QED) is 0.275. The molecule has 3 N–H and O–H groups in total. The van der Waals surface area contributed by atoms with Crippen LogP contribution in [0.4, 0.5) is 18.9 Å². The van der Waals surface area contributed by atoms with E-state index in [4.69, 9.17) is 5.73 Å². The summed E-state index contributed by atoms with van der Waals surface area (Å²) in [5, 5.41) is 6.39. The van der Waals surface area contributed by atoms with Crippen LogP contribution in [-0.4, -0.2) is 48.4 Å². The van der Waals surface area contributed by atoms with Gasteiger partial charge in [-0.1, -0.05) is 42.5 Å². The Balaban J connectivity index is 1.53. The predicted molar refractivity (Wildman–Crippen MR) is 153 cm³/mol. The molecule has 4 aromatic rings. The normalized spacial score (nSPS) is 14.6. The summed E-state index contributed by atoms with van der Waals surface area (Å²) >= 11 is 0. The highest BCUT2D eigenvalue weighted by Gasteiger charge is 2.37. The second kappa shape index (κ2) is 11.3. The van der Waals surface area contributed by atoms with Gasteiger partial charge in [-0.25, -0.2) is 13.1 Å². The number of rotatable bonds is 9. The van der Waals surface area contributed by atoms with Crippen molar-refractivity contribution in [2.75, 3.05) is 18.6 Å². The van der Waals surface area contributed by atoms with Crippen molar-refractivity contribution in [2.45, 2.75) is 42.5 Å². The molecule has 1 unspecified atom stereocenters. The number of nitrogens with one attached hydrogen (secondary N) is 1. The first-order valence-corrected chi connectivity index (χ1v) is 15.1. The number of nitrogens with two attached hydrogens (primary N) is 1. The maximum absolute atomic E-state index is 13.6. The summed E-state index contributed by atoms with van der Waals surface area (Å²) in [5.41, 5.74) is 6.77. The molecular weight excluding hydrogens is 567 g/mol. The number of carbonyl (C=O) groups is 1. The highest BCUT2D eigenvalue weighted by atomic mass is 32.2. The van der Waals surface area contributed by atoms with Crippen molar-refractivity contribution < 1.29 is 26.4 Å². The lowest BCUT2D eigenvalue weighted by Crippen LogP contribution is -2.29. The van der Waals surface area contributed by atoms with Gasteiger partial charge in [0, 0.05) is 30.6 Å². The summed E-state index contributed by atoms with van der Waals surface area (Å²) in [6.45, 7) is 0.161. The average Bonchev–Trinajstić information content (AvgIpc) is 3.69. The Kier molecular flexibility index (Phi) is 7.97. The van der Waals surface area contributed by atoms with Crippen molar-refractivity contribution in [2.24, 2.45) is 5.73 Å². The smallest absolute Gasteiger partial charge is 0.326 e. The van der Waals surface area contributed by atoms with Crippen molar-refractivity contribution in [3.63, 3.8) is 0 Å². The number of amides is 1. The molecule has 12 heteroatoms. The van der Waals surface area contributed by atoms with E-state index in [-0.39, 0.29) is 28.9 Å². The Morgan fingerprint density at radius 1 is 1.07 bits per heavy atom. The van der Waals surface area contributed by atoms with E-state index in [9.17, 15) is 26.4 Å². The summed E-state index contributed by atoms with van der Waals surface area (Å²) in [6.07, 6.45) is -1.65. The van der Waals surface area contributed by atoms with Crippen LogP contribution in [0.3, 0.4) is 0 Å². The number of aromatic nitrogens is 2. The van der Waals surface area contributed by atoms with Gasteiger partial charge in [-0.15, -0.1) is 0 Å². The number of halogens is 3. The minimum absolute atomic E-state index is 0.161.